The van der Waals surface area contributed by atoms with Crippen molar-refractivity contribution < 1.29 is 23.8 Å². The van der Waals surface area contributed by atoms with Crippen LogP contribution in [0.25, 0.3) is 11.1 Å². The van der Waals surface area contributed by atoms with Crippen LogP contribution in [0.3, 0.4) is 0 Å². The fourth-order valence-electron chi connectivity index (χ4n) is 4.40. The second kappa shape index (κ2) is 11.5. The number of pyridine rings is 1. The zero-order valence-corrected chi connectivity index (χ0v) is 21.3. The quantitative estimate of drug-likeness (QED) is 0.528. The Labute approximate surface area is 216 Å². The molecule has 194 valence electrons. The van der Waals surface area contributed by atoms with Gasteiger partial charge in [0.1, 0.15) is 17.5 Å². The zero-order valence-electron chi connectivity index (χ0n) is 21.3. The summed E-state index contributed by atoms with van der Waals surface area (Å²) in [4.78, 5) is 34.2. The Kier molecular flexibility index (Phi) is 8.18. The van der Waals surface area contributed by atoms with Crippen LogP contribution in [0.2, 0.25) is 0 Å². The second-order valence-electron chi connectivity index (χ2n) is 9.64. The third-order valence-electron chi connectivity index (χ3n) is 6.78. The fourth-order valence-corrected chi connectivity index (χ4v) is 4.40. The summed E-state index contributed by atoms with van der Waals surface area (Å²) in [7, 11) is 1.74. The maximum absolute atomic E-state index is 13.6. The maximum atomic E-state index is 13.6. The van der Waals surface area contributed by atoms with E-state index in [1.165, 1.54) is 12.1 Å². The van der Waals surface area contributed by atoms with E-state index in [0.717, 1.165) is 5.56 Å². The number of carbonyl (C=O) groups excluding carboxylic acids is 2. The van der Waals surface area contributed by atoms with Crippen molar-refractivity contribution in [3.63, 3.8) is 0 Å². The number of fused-ring (bicyclic) bond motifs is 1. The van der Waals surface area contributed by atoms with E-state index in [2.05, 4.69) is 4.98 Å². The van der Waals surface area contributed by atoms with Crippen LogP contribution in [0.15, 0.2) is 66.9 Å². The Bertz CT molecular complexity index is 1240. The van der Waals surface area contributed by atoms with Crippen LogP contribution in [0, 0.1) is 11.7 Å². The third-order valence-corrected chi connectivity index (χ3v) is 6.78. The summed E-state index contributed by atoms with van der Waals surface area (Å²) in [6, 6.07) is 16.8. The number of hydrogen-bond acceptors (Lipinski definition) is 5. The predicted molar refractivity (Wildman–Crippen MR) is 139 cm³/mol. The van der Waals surface area contributed by atoms with E-state index in [-0.39, 0.29) is 48.0 Å². The molecule has 2 heterocycles. The average molecular weight is 506 g/mol. The van der Waals surface area contributed by atoms with Crippen LogP contribution in [-0.2, 0) is 11.2 Å². The van der Waals surface area contributed by atoms with Crippen molar-refractivity contribution in [2.24, 2.45) is 5.92 Å². The number of aliphatic hydroxyl groups is 1. The van der Waals surface area contributed by atoms with Crippen molar-refractivity contribution >= 4 is 11.8 Å². The van der Waals surface area contributed by atoms with Crippen molar-refractivity contribution in [3.05, 3.63) is 83.8 Å². The Hall–Kier alpha value is -3.78. The molecule has 0 radical (unpaired) electrons. The number of halogens is 1. The molecule has 3 atom stereocenters. The van der Waals surface area contributed by atoms with Gasteiger partial charge in [-0.1, -0.05) is 49.4 Å². The molecular formula is C29H32FN3O4. The molecule has 1 aliphatic rings. The molecule has 0 bridgehead atoms. The van der Waals surface area contributed by atoms with Gasteiger partial charge < -0.3 is 19.6 Å². The molecular weight excluding hydrogens is 473 g/mol. The van der Waals surface area contributed by atoms with Gasteiger partial charge in [-0.25, -0.2) is 9.37 Å². The monoisotopic (exact) mass is 505 g/mol. The van der Waals surface area contributed by atoms with Gasteiger partial charge in [-0.15, -0.1) is 0 Å². The van der Waals surface area contributed by atoms with Gasteiger partial charge >= 0.3 is 0 Å². The molecule has 7 nitrogen and oxygen atoms in total. The molecule has 8 heteroatoms. The van der Waals surface area contributed by atoms with Crippen LogP contribution in [0.4, 0.5) is 4.39 Å². The largest absolute Gasteiger partial charge is 0.472 e. The fraction of sp³-hybridized carbons (Fsp3) is 0.345. The topological polar surface area (TPSA) is 83.0 Å². The molecule has 2 amide bonds. The number of rotatable bonds is 7. The number of likely N-dealkylation sites (N-methyl/N-ethyl adjacent to an activating group) is 1. The highest BCUT2D eigenvalue weighted by atomic mass is 19.1. The maximum Gasteiger partial charge on any atom is 0.259 e. The second-order valence-corrected chi connectivity index (χ2v) is 9.64. The summed E-state index contributed by atoms with van der Waals surface area (Å²) < 4.78 is 19.7. The van der Waals surface area contributed by atoms with E-state index in [1.807, 2.05) is 37.3 Å². The van der Waals surface area contributed by atoms with E-state index in [1.54, 1.807) is 48.2 Å². The Morgan fingerprint density at radius 1 is 1.19 bits per heavy atom. The van der Waals surface area contributed by atoms with Gasteiger partial charge in [0.2, 0.25) is 11.8 Å². The minimum Gasteiger partial charge on any atom is -0.472 e. The first-order valence-electron chi connectivity index (χ1n) is 12.4. The number of aromatic nitrogens is 1. The minimum atomic E-state index is -0.436. The van der Waals surface area contributed by atoms with Gasteiger partial charge in [-0.2, -0.15) is 0 Å². The summed E-state index contributed by atoms with van der Waals surface area (Å²) in [5.74, 6) is -0.663. The molecule has 1 aromatic heterocycles. The molecule has 2 aromatic carbocycles. The van der Waals surface area contributed by atoms with E-state index in [9.17, 15) is 19.1 Å². The number of ether oxygens (including phenoxy) is 1. The van der Waals surface area contributed by atoms with Crippen molar-refractivity contribution in [2.75, 3.05) is 26.7 Å². The van der Waals surface area contributed by atoms with Gasteiger partial charge in [0.25, 0.3) is 5.91 Å². The van der Waals surface area contributed by atoms with Gasteiger partial charge in [0, 0.05) is 31.3 Å². The van der Waals surface area contributed by atoms with Crippen molar-refractivity contribution in [3.8, 4) is 17.0 Å². The highest BCUT2D eigenvalue weighted by Gasteiger charge is 2.34. The molecule has 0 spiro atoms. The van der Waals surface area contributed by atoms with Gasteiger partial charge in [0.05, 0.1) is 25.6 Å². The van der Waals surface area contributed by atoms with Gasteiger partial charge in [-0.05, 0) is 36.2 Å². The smallest absolute Gasteiger partial charge is 0.259 e. The zero-order chi connectivity index (χ0) is 26.5. The first-order valence-corrected chi connectivity index (χ1v) is 12.4. The number of benzene rings is 2. The summed E-state index contributed by atoms with van der Waals surface area (Å²) >= 11 is 0. The van der Waals surface area contributed by atoms with E-state index < -0.39 is 12.1 Å². The first-order chi connectivity index (χ1) is 17.8. The number of amides is 2. The molecule has 4 rings (SSSR count). The van der Waals surface area contributed by atoms with Crippen LogP contribution >= 0.6 is 0 Å². The molecule has 1 aliphatic heterocycles. The molecule has 0 saturated heterocycles. The Morgan fingerprint density at radius 3 is 2.57 bits per heavy atom. The van der Waals surface area contributed by atoms with E-state index >= 15 is 0 Å². The minimum absolute atomic E-state index is 0.0411. The van der Waals surface area contributed by atoms with Crippen LogP contribution in [-0.4, -0.2) is 70.6 Å². The molecule has 0 saturated carbocycles. The number of aliphatic hydroxyl groups excluding tert-OH is 1. The molecule has 0 unspecified atom stereocenters. The molecule has 0 fully saturated rings. The normalized spacial score (nSPS) is 18.3. The van der Waals surface area contributed by atoms with E-state index in [0.29, 0.717) is 24.2 Å². The third kappa shape index (κ3) is 6.14. The average Bonchev–Trinajstić information content (AvgIpc) is 2.91. The van der Waals surface area contributed by atoms with Crippen LogP contribution in [0.1, 0.15) is 29.8 Å². The van der Waals surface area contributed by atoms with Gasteiger partial charge in [0.15, 0.2) is 0 Å². The summed E-state index contributed by atoms with van der Waals surface area (Å²) in [6.45, 7) is 4.20. The summed E-state index contributed by atoms with van der Waals surface area (Å²) in [5, 5.41) is 9.85. The molecule has 3 aromatic rings. The number of hydrogen-bond donors (Lipinski definition) is 1. The Morgan fingerprint density at radius 2 is 1.89 bits per heavy atom. The van der Waals surface area contributed by atoms with Gasteiger partial charge in [-0.3, -0.25) is 9.59 Å². The van der Waals surface area contributed by atoms with Crippen LogP contribution in [0.5, 0.6) is 5.88 Å². The predicted octanol–water partition coefficient (Wildman–Crippen LogP) is 3.81. The molecule has 1 N–H and O–H groups in total. The lowest BCUT2D eigenvalue weighted by Gasteiger charge is -2.37. The highest BCUT2D eigenvalue weighted by molar-refractivity contribution is 5.98. The molecule has 37 heavy (non-hydrogen) atoms. The lowest BCUT2D eigenvalue weighted by molar-refractivity contribution is -0.130. The van der Waals surface area contributed by atoms with E-state index in [4.69, 9.17) is 4.74 Å². The first kappa shape index (κ1) is 26.3. The molecule has 0 aliphatic carbocycles. The van der Waals surface area contributed by atoms with Crippen molar-refractivity contribution in [2.45, 2.75) is 32.4 Å². The SMILES string of the molecule is C[C@H]1CN([C@@H](C)CO)C(=O)c2cc(-c3ccc(F)cc3)cnc2O[C@@H]1CN(C)C(=O)Cc1ccccc1. The Balaban J connectivity index is 1.63. The lowest BCUT2D eigenvalue weighted by Crippen LogP contribution is -2.50. The lowest BCUT2D eigenvalue weighted by atomic mass is 9.99. The highest BCUT2D eigenvalue weighted by Crippen LogP contribution is 2.30. The number of carbonyl (C=O) groups is 2. The summed E-state index contributed by atoms with van der Waals surface area (Å²) in [6.07, 6.45) is 1.43. The summed E-state index contributed by atoms with van der Waals surface area (Å²) in [5.41, 5.74) is 2.55. The van der Waals surface area contributed by atoms with Crippen molar-refractivity contribution in [1.82, 2.24) is 14.8 Å². The standard InChI is InChI=1S/C29H32FN3O4/c1-19-16-33(20(2)18-34)29(36)25-14-23(22-9-11-24(30)12-10-22)15-31-28(25)37-26(19)17-32(3)27(35)13-21-7-5-4-6-8-21/h4-12,14-15,19-20,26,34H,13,16-18H2,1-3H3/t19-,20-,26+/m0/s1. The number of nitrogens with zero attached hydrogens (tertiary/aromatic N) is 3. The van der Waals surface area contributed by atoms with Crippen molar-refractivity contribution in [1.29, 1.82) is 0 Å². The van der Waals surface area contributed by atoms with Crippen LogP contribution < -0.4 is 4.74 Å².